The van der Waals surface area contributed by atoms with Gasteiger partial charge in [0.05, 0.1) is 12.2 Å². The molecule has 19 heteroatoms. The van der Waals surface area contributed by atoms with E-state index in [0.29, 0.717) is 9.59 Å². The average Bonchev–Trinajstić information content (AvgIpc) is 3.51. The molecular weight excluding hydrogens is 600 g/mol. The molecular formula is C23H20ClF6N9O3. The molecule has 0 radical (unpaired) electrons. The SMILES string of the molecule is NC(CNC(=O)c1ncccc1-n1cnc(Cn2nc(-c3ccc(Cl)cc3)n(CC(O)C(F)(F)F)c2=O)n1)C(F)(F)F. The molecule has 3 aromatic heterocycles. The van der Waals surface area contributed by atoms with E-state index in [0.717, 1.165) is 15.7 Å². The first kappa shape index (κ1) is 30.7. The summed E-state index contributed by atoms with van der Waals surface area (Å²) in [4.78, 5) is 33.5. The third-order valence-electron chi connectivity index (χ3n) is 5.74. The minimum Gasteiger partial charge on any atom is -0.382 e. The second-order valence-corrected chi connectivity index (χ2v) is 9.21. The fourth-order valence-corrected chi connectivity index (χ4v) is 3.70. The number of nitrogens with two attached hydrogens (primary N) is 1. The van der Waals surface area contributed by atoms with Crippen LogP contribution in [0.25, 0.3) is 17.1 Å². The van der Waals surface area contributed by atoms with E-state index >= 15 is 0 Å². The number of aromatic nitrogens is 7. The third kappa shape index (κ3) is 6.94. The van der Waals surface area contributed by atoms with Gasteiger partial charge >= 0.3 is 18.0 Å². The predicted octanol–water partition coefficient (Wildman–Crippen LogP) is 1.93. The molecule has 4 N–H and O–H groups in total. The van der Waals surface area contributed by atoms with E-state index < -0.39 is 55.7 Å². The zero-order valence-corrected chi connectivity index (χ0v) is 21.8. The van der Waals surface area contributed by atoms with Crippen molar-refractivity contribution in [1.82, 2.24) is 39.4 Å². The summed E-state index contributed by atoms with van der Waals surface area (Å²) in [6.07, 6.45) is -10.3. The summed E-state index contributed by atoms with van der Waals surface area (Å²) >= 11 is 5.88. The van der Waals surface area contributed by atoms with Crippen molar-refractivity contribution in [3.8, 4) is 17.1 Å². The quantitative estimate of drug-likeness (QED) is 0.240. The highest BCUT2D eigenvalue weighted by Crippen LogP contribution is 2.24. The van der Waals surface area contributed by atoms with Crippen LogP contribution in [0.3, 0.4) is 0 Å². The number of hydrogen-bond donors (Lipinski definition) is 3. The molecule has 42 heavy (non-hydrogen) atoms. The standard InChI is InChI=1S/C23H20ClF6N9O3/c24-13-5-3-12(4-6-13)19-36-38(21(42)37(19)9-16(40)23(28,29)30)10-17-34-11-39(35-17)14-2-1-7-32-18(14)20(41)33-8-15(31)22(25,26)27/h1-7,11,15-16,40H,8-10,31H2,(H,33,41). The number of carbonyl (C=O) groups excluding carboxylic acids is 1. The van der Waals surface area contributed by atoms with E-state index in [4.69, 9.17) is 17.3 Å². The predicted molar refractivity (Wildman–Crippen MR) is 134 cm³/mol. The third-order valence-corrected chi connectivity index (χ3v) is 5.99. The molecule has 0 saturated carbocycles. The summed E-state index contributed by atoms with van der Waals surface area (Å²) in [5, 5.41) is 20.2. The second kappa shape index (κ2) is 11.9. The highest BCUT2D eigenvalue weighted by molar-refractivity contribution is 6.30. The maximum absolute atomic E-state index is 13.1. The smallest absolute Gasteiger partial charge is 0.382 e. The average molecular weight is 620 g/mol. The lowest BCUT2D eigenvalue weighted by molar-refractivity contribution is -0.207. The molecule has 0 aliphatic heterocycles. The first-order valence-electron chi connectivity index (χ1n) is 11.8. The molecule has 1 aromatic carbocycles. The van der Waals surface area contributed by atoms with Crippen molar-refractivity contribution in [2.75, 3.05) is 6.54 Å². The molecule has 4 rings (SSSR count). The Kier molecular flexibility index (Phi) is 8.69. The van der Waals surface area contributed by atoms with Gasteiger partial charge in [-0.1, -0.05) is 11.6 Å². The monoisotopic (exact) mass is 619 g/mol. The van der Waals surface area contributed by atoms with Crippen molar-refractivity contribution < 1.29 is 36.2 Å². The lowest BCUT2D eigenvalue weighted by atomic mass is 10.2. The number of amides is 1. The summed E-state index contributed by atoms with van der Waals surface area (Å²) < 4.78 is 79.8. The van der Waals surface area contributed by atoms with Crippen LogP contribution < -0.4 is 16.7 Å². The van der Waals surface area contributed by atoms with Gasteiger partial charge in [0.1, 0.15) is 18.9 Å². The van der Waals surface area contributed by atoms with Gasteiger partial charge in [-0.3, -0.25) is 9.36 Å². The topological polar surface area (TPSA) is 159 Å². The Morgan fingerprint density at radius 1 is 1.05 bits per heavy atom. The molecule has 2 atom stereocenters. The van der Waals surface area contributed by atoms with Crippen LogP contribution in [0, 0.1) is 0 Å². The molecule has 2 unspecified atom stereocenters. The van der Waals surface area contributed by atoms with Crippen molar-refractivity contribution in [2.45, 2.75) is 37.6 Å². The number of pyridine rings is 1. The lowest BCUT2D eigenvalue weighted by Gasteiger charge is -2.16. The van der Waals surface area contributed by atoms with Crippen LogP contribution in [0.1, 0.15) is 16.3 Å². The van der Waals surface area contributed by atoms with Crippen molar-refractivity contribution >= 4 is 17.5 Å². The van der Waals surface area contributed by atoms with Gasteiger partial charge in [-0.15, -0.1) is 10.2 Å². The van der Waals surface area contributed by atoms with Crippen LogP contribution in [0.4, 0.5) is 26.3 Å². The number of carbonyl (C=O) groups is 1. The number of nitrogens with one attached hydrogen (secondary N) is 1. The van der Waals surface area contributed by atoms with E-state index in [1.54, 1.807) is 0 Å². The van der Waals surface area contributed by atoms with Crippen molar-refractivity contribution in [3.63, 3.8) is 0 Å². The zero-order valence-electron chi connectivity index (χ0n) is 21.0. The Hall–Kier alpha value is -4.29. The molecule has 0 bridgehead atoms. The number of aliphatic hydroxyl groups is 1. The molecule has 3 heterocycles. The Morgan fingerprint density at radius 3 is 2.38 bits per heavy atom. The van der Waals surface area contributed by atoms with Crippen molar-refractivity contribution in [3.05, 3.63) is 75.9 Å². The van der Waals surface area contributed by atoms with Crippen LogP contribution in [0.2, 0.25) is 5.02 Å². The highest BCUT2D eigenvalue weighted by Gasteiger charge is 2.39. The fraction of sp³-hybridized carbons (Fsp3) is 0.304. The van der Waals surface area contributed by atoms with Gasteiger partial charge in [0.25, 0.3) is 5.91 Å². The van der Waals surface area contributed by atoms with Crippen LogP contribution >= 0.6 is 11.6 Å². The largest absolute Gasteiger partial charge is 0.416 e. The maximum atomic E-state index is 13.1. The van der Waals surface area contributed by atoms with Crippen LogP contribution in [0.15, 0.2) is 53.7 Å². The highest BCUT2D eigenvalue weighted by atomic mass is 35.5. The van der Waals surface area contributed by atoms with Gasteiger partial charge in [-0.2, -0.15) is 26.3 Å². The number of nitrogens with zero attached hydrogens (tertiary/aromatic N) is 7. The summed E-state index contributed by atoms with van der Waals surface area (Å²) in [5.41, 5.74) is 3.95. The van der Waals surface area contributed by atoms with E-state index in [1.807, 2.05) is 5.32 Å². The number of halogens is 7. The Bertz CT molecular complexity index is 1620. The summed E-state index contributed by atoms with van der Waals surface area (Å²) in [5.74, 6) is -1.24. The minimum absolute atomic E-state index is 0.0161. The van der Waals surface area contributed by atoms with Gasteiger partial charge in [0.2, 0.25) is 0 Å². The number of hydrogen-bond acceptors (Lipinski definition) is 8. The van der Waals surface area contributed by atoms with Crippen molar-refractivity contribution in [1.29, 1.82) is 0 Å². The van der Waals surface area contributed by atoms with Gasteiger partial charge in [0.15, 0.2) is 23.4 Å². The van der Waals surface area contributed by atoms with E-state index in [-0.39, 0.29) is 28.6 Å². The van der Waals surface area contributed by atoms with E-state index in [9.17, 15) is 41.0 Å². The lowest BCUT2D eigenvalue weighted by Crippen LogP contribution is -2.47. The molecule has 12 nitrogen and oxygen atoms in total. The fourth-order valence-electron chi connectivity index (χ4n) is 3.58. The maximum Gasteiger partial charge on any atom is 0.416 e. The molecule has 224 valence electrons. The molecule has 4 aromatic rings. The van der Waals surface area contributed by atoms with Gasteiger partial charge in [-0.05, 0) is 36.4 Å². The summed E-state index contributed by atoms with van der Waals surface area (Å²) in [6.45, 7) is -2.50. The second-order valence-electron chi connectivity index (χ2n) is 8.77. The first-order chi connectivity index (χ1) is 19.6. The number of rotatable bonds is 9. The first-order valence-corrected chi connectivity index (χ1v) is 12.2. The molecule has 0 aliphatic carbocycles. The molecule has 0 fully saturated rings. The Balaban J connectivity index is 1.62. The molecule has 0 saturated heterocycles. The zero-order chi connectivity index (χ0) is 30.8. The number of aliphatic hydroxyl groups excluding tert-OH is 1. The van der Waals surface area contributed by atoms with Gasteiger partial charge in [0, 0.05) is 23.3 Å². The summed E-state index contributed by atoms with van der Waals surface area (Å²) in [6, 6.07) is 6.22. The molecule has 0 aliphatic rings. The Morgan fingerprint density at radius 2 is 1.74 bits per heavy atom. The molecule has 1 amide bonds. The number of benzene rings is 1. The molecule has 0 spiro atoms. The van der Waals surface area contributed by atoms with Gasteiger partial charge < -0.3 is 16.2 Å². The summed E-state index contributed by atoms with van der Waals surface area (Å²) in [7, 11) is 0. The normalized spacial score (nSPS) is 13.6. The Labute approximate surface area is 236 Å². The van der Waals surface area contributed by atoms with Crippen LogP contribution in [-0.2, 0) is 13.1 Å². The van der Waals surface area contributed by atoms with Gasteiger partial charge in [-0.25, -0.2) is 24.1 Å². The van der Waals surface area contributed by atoms with Crippen LogP contribution in [0.5, 0.6) is 0 Å². The minimum atomic E-state index is -5.01. The van der Waals surface area contributed by atoms with Crippen LogP contribution in [-0.4, -0.2) is 76.2 Å². The number of alkyl halides is 6. The van der Waals surface area contributed by atoms with Crippen molar-refractivity contribution in [2.24, 2.45) is 5.73 Å². The van der Waals surface area contributed by atoms with E-state index in [2.05, 4.69) is 20.2 Å². The van der Waals surface area contributed by atoms with E-state index in [1.165, 1.54) is 42.6 Å².